The predicted molar refractivity (Wildman–Crippen MR) is 114 cm³/mol. The largest absolute Gasteiger partial charge is 0.497 e. The SMILES string of the molecule is COc1ccc(N2CCC2C#CCO[Si](C(C)C)(C(C)C)C(C)C)cc1. The fraction of sp³-hybridized carbons (Fsp3) is 0.636. The number of rotatable bonds is 7. The Hall–Kier alpha value is -1.44. The van der Waals surface area contributed by atoms with Gasteiger partial charge in [0, 0.05) is 12.2 Å². The van der Waals surface area contributed by atoms with Crippen molar-refractivity contribution in [3.05, 3.63) is 24.3 Å². The van der Waals surface area contributed by atoms with Gasteiger partial charge in [0.15, 0.2) is 0 Å². The Bertz CT molecular complexity index is 606. The van der Waals surface area contributed by atoms with Gasteiger partial charge in [-0.15, -0.1) is 0 Å². The molecular formula is C22H35NO2Si. The first-order valence-corrected chi connectivity index (χ1v) is 12.0. The van der Waals surface area contributed by atoms with Gasteiger partial charge in [0.1, 0.15) is 5.75 Å². The van der Waals surface area contributed by atoms with E-state index in [0.29, 0.717) is 29.3 Å². The van der Waals surface area contributed by atoms with Crippen molar-refractivity contribution < 1.29 is 9.16 Å². The second-order valence-electron chi connectivity index (χ2n) is 8.12. The lowest BCUT2D eigenvalue weighted by atomic mass is 10.0. The van der Waals surface area contributed by atoms with Crippen molar-refractivity contribution in [1.82, 2.24) is 0 Å². The van der Waals surface area contributed by atoms with Crippen LogP contribution in [0.4, 0.5) is 5.69 Å². The molecule has 1 aromatic carbocycles. The van der Waals surface area contributed by atoms with Gasteiger partial charge in [-0.25, -0.2) is 0 Å². The number of methoxy groups -OCH3 is 1. The molecule has 144 valence electrons. The van der Waals surface area contributed by atoms with Gasteiger partial charge in [-0.2, -0.15) is 0 Å². The molecule has 0 bridgehead atoms. The summed E-state index contributed by atoms with van der Waals surface area (Å²) >= 11 is 0. The minimum Gasteiger partial charge on any atom is -0.497 e. The van der Waals surface area contributed by atoms with E-state index in [4.69, 9.17) is 9.16 Å². The first-order chi connectivity index (χ1) is 12.3. The zero-order chi connectivity index (χ0) is 19.3. The van der Waals surface area contributed by atoms with Crippen LogP contribution in [0.25, 0.3) is 0 Å². The van der Waals surface area contributed by atoms with E-state index in [9.17, 15) is 0 Å². The molecule has 0 aliphatic carbocycles. The molecule has 0 radical (unpaired) electrons. The number of ether oxygens (including phenoxy) is 1. The summed E-state index contributed by atoms with van der Waals surface area (Å²) < 4.78 is 11.8. The van der Waals surface area contributed by atoms with Crippen LogP contribution < -0.4 is 9.64 Å². The molecule has 2 rings (SSSR count). The Kier molecular flexibility index (Phi) is 7.20. The Morgan fingerprint density at radius 2 is 1.62 bits per heavy atom. The molecule has 4 heteroatoms. The third-order valence-electron chi connectivity index (χ3n) is 5.79. The minimum absolute atomic E-state index is 0.306. The van der Waals surface area contributed by atoms with Crippen LogP contribution in [0.1, 0.15) is 48.0 Å². The lowest BCUT2D eigenvalue weighted by Gasteiger charge is -2.41. The van der Waals surface area contributed by atoms with Gasteiger partial charge in [-0.05, 0) is 47.3 Å². The van der Waals surface area contributed by atoms with E-state index >= 15 is 0 Å². The highest BCUT2D eigenvalue weighted by Gasteiger charge is 2.44. The highest BCUT2D eigenvalue weighted by Crippen LogP contribution is 2.42. The van der Waals surface area contributed by atoms with Crippen LogP contribution >= 0.6 is 0 Å². The van der Waals surface area contributed by atoms with E-state index in [2.05, 4.69) is 70.4 Å². The average molecular weight is 374 g/mol. The van der Waals surface area contributed by atoms with Crippen LogP contribution in [0, 0.1) is 11.8 Å². The average Bonchev–Trinajstić information content (AvgIpc) is 2.56. The van der Waals surface area contributed by atoms with Crippen LogP contribution in [0.2, 0.25) is 16.6 Å². The summed E-state index contributed by atoms with van der Waals surface area (Å²) in [5.41, 5.74) is 3.02. The molecular weight excluding hydrogens is 338 g/mol. The molecule has 0 amide bonds. The third-order valence-corrected chi connectivity index (χ3v) is 11.9. The molecule has 0 spiro atoms. The molecule has 1 atom stereocenters. The van der Waals surface area contributed by atoms with Crippen LogP contribution in [-0.2, 0) is 4.43 Å². The van der Waals surface area contributed by atoms with E-state index in [1.165, 1.54) is 5.69 Å². The number of hydrogen-bond donors (Lipinski definition) is 0. The van der Waals surface area contributed by atoms with Gasteiger partial charge < -0.3 is 14.1 Å². The highest BCUT2D eigenvalue weighted by molar-refractivity contribution is 6.77. The van der Waals surface area contributed by atoms with Crippen molar-refractivity contribution in [2.24, 2.45) is 0 Å². The molecule has 0 N–H and O–H groups in total. The van der Waals surface area contributed by atoms with Gasteiger partial charge >= 0.3 is 0 Å². The Morgan fingerprint density at radius 3 is 2.04 bits per heavy atom. The smallest absolute Gasteiger partial charge is 0.201 e. The lowest BCUT2D eigenvalue weighted by Crippen LogP contribution is -2.48. The Labute approximate surface area is 161 Å². The maximum Gasteiger partial charge on any atom is 0.201 e. The van der Waals surface area contributed by atoms with Crippen molar-refractivity contribution in [1.29, 1.82) is 0 Å². The predicted octanol–water partition coefficient (Wildman–Crippen LogP) is 5.47. The summed E-state index contributed by atoms with van der Waals surface area (Å²) in [6, 6.07) is 8.54. The Morgan fingerprint density at radius 1 is 1.04 bits per heavy atom. The molecule has 3 nitrogen and oxygen atoms in total. The summed E-state index contributed by atoms with van der Waals surface area (Å²) in [7, 11) is -0.117. The molecule has 0 aromatic heterocycles. The fourth-order valence-electron chi connectivity index (χ4n) is 4.44. The fourth-order valence-corrected chi connectivity index (χ4v) is 9.76. The number of anilines is 1. The van der Waals surface area contributed by atoms with E-state index in [1.807, 2.05) is 12.1 Å². The van der Waals surface area contributed by atoms with Gasteiger partial charge in [0.2, 0.25) is 8.32 Å². The monoisotopic (exact) mass is 373 g/mol. The third kappa shape index (κ3) is 4.27. The summed E-state index contributed by atoms with van der Waals surface area (Å²) in [4.78, 5) is 2.35. The molecule has 1 saturated heterocycles. The van der Waals surface area contributed by atoms with Gasteiger partial charge in [-0.1, -0.05) is 53.4 Å². The second-order valence-corrected chi connectivity index (χ2v) is 13.6. The van der Waals surface area contributed by atoms with E-state index < -0.39 is 8.32 Å². The van der Waals surface area contributed by atoms with E-state index in [0.717, 1.165) is 18.7 Å². The number of benzene rings is 1. The first-order valence-electron chi connectivity index (χ1n) is 9.86. The quantitative estimate of drug-likeness (QED) is 0.467. The first kappa shape index (κ1) is 20.9. The minimum atomic E-state index is -1.81. The molecule has 0 saturated carbocycles. The molecule has 1 aromatic rings. The molecule has 1 heterocycles. The molecule has 1 fully saturated rings. The normalized spacial score (nSPS) is 17.3. The second kappa shape index (κ2) is 8.97. The summed E-state index contributed by atoms with van der Waals surface area (Å²) in [5.74, 6) is 7.64. The molecule has 1 aliphatic rings. The van der Waals surface area contributed by atoms with Crippen LogP contribution in [0.3, 0.4) is 0 Å². The molecule has 1 unspecified atom stereocenters. The van der Waals surface area contributed by atoms with Crippen molar-refractivity contribution in [3.8, 4) is 17.6 Å². The van der Waals surface area contributed by atoms with E-state index in [1.54, 1.807) is 7.11 Å². The van der Waals surface area contributed by atoms with Crippen LogP contribution in [0.15, 0.2) is 24.3 Å². The van der Waals surface area contributed by atoms with Crippen molar-refractivity contribution in [2.75, 3.05) is 25.2 Å². The lowest BCUT2D eigenvalue weighted by molar-refractivity contribution is 0.322. The number of nitrogens with zero attached hydrogens (tertiary/aromatic N) is 1. The highest BCUT2D eigenvalue weighted by atomic mass is 28.4. The molecule has 1 aliphatic heterocycles. The standard InChI is InChI=1S/C22H35NO2Si/c1-17(2)26(18(3)4,19(5)6)25-16-8-9-20-14-15-23(20)21-10-12-22(24-7)13-11-21/h10-13,17-20H,14-16H2,1-7H3. The molecule has 26 heavy (non-hydrogen) atoms. The number of hydrogen-bond acceptors (Lipinski definition) is 3. The zero-order valence-corrected chi connectivity index (χ0v) is 18.5. The van der Waals surface area contributed by atoms with Crippen molar-refractivity contribution >= 4 is 14.0 Å². The summed E-state index contributed by atoms with van der Waals surface area (Å²) in [5, 5.41) is 0. The maximum absolute atomic E-state index is 6.53. The van der Waals surface area contributed by atoms with Crippen molar-refractivity contribution in [3.63, 3.8) is 0 Å². The van der Waals surface area contributed by atoms with E-state index in [-0.39, 0.29) is 0 Å². The summed E-state index contributed by atoms with van der Waals surface area (Å²) in [6.07, 6.45) is 1.13. The van der Waals surface area contributed by atoms with Gasteiger partial charge in [0.25, 0.3) is 0 Å². The van der Waals surface area contributed by atoms with Gasteiger partial charge in [-0.3, -0.25) is 0 Å². The Balaban J connectivity index is 1.98. The van der Waals surface area contributed by atoms with Crippen molar-refractivity contribution in [2.45, 2.75) is 70.6 Å². The zero-order valence-electron chi connectivity index (χ0n) is 17.5. The topological polar surface area (TPSA) is 21.7 Å². The maximum atomic E-state index is 6.53. The van der Waals surface area contributed by atoms with Crippen LogP contribution in [0.5, 0.6) is 5.75 Å². The van der Waals surface area contributed by atoms with Gasteiger partial charge in [0.05, 0.1) is 19.8 Å². The van der Waals surface area contributed by atoms with Crippen LogP contribution in [-0.4, -0.2) is 34.6 Å². The summed E-state index contributed by atoms with van der Waals surface area (Å²) in [6.45, 7) is 15.5.